The van der Waals surface area contributed by atoms with Gasteiger partial charge in [-0.1, -0.05) is 48.0 Å². The molecule has 4 heterocycles. The van der Waals surface area contributed by atoms with Crippen LogP contribution in [0.1, 0.15) is 42.4 Å². The van der Waals surface area contributed by atoms with Gasteiger partial charge in [-0.25, -0.2) is 4.90 Å². The first-order valence-corrected chi connectivity index (χ1v) is 19.3. The maximum absolute atomic E-state index is 15.1. The maximum atomic E-state index is 15.1. The van der Waals surface area contributed by atoms with Crippen LogP contribution in [0.25, 0.3) is 26.7 Å². The predicted molar refractivity (Wildman–Crippen MR) is 212 cm³/mol. The summed E-state index contributed by atoms with van der Waals surface area (Å²) in [5.41, 5.74) is 2.76. The van der Waals surface area contributed by atoms with Gasteiger partial charge in [0.05, 0.1) is 40.8 Å². The number of ether oxygens (including phenoxy) is 1. The highest BCUT2D eigenvalue weighted by atomic mass is 35.5. The molecule has 6 atom stereocenters. The zero-order chi connectivity index (χ0) is 38.7. The molecule has 2 aromatic heterocycles. The average Bonchev–Trinajstić information content (AvgIpc) is 3.85. The van der Waals surface area contributed by atoms with Gasteiger partial charge in [0.1, 0.15) is 23.0 Å². The Morgan fingerprint density at radius 2 is 1.75 bits per heavy atom. The number of imide groups is 2. The van der Waals surface area contributed by atoms with Crippen molar-refractivity contribution >= 4 is 74.2 Å². The Morgan fingerprint density at radius 1 is 0.982 bits per heavy atom. The number of hydrogen-bond donors (Lipinski definition) is 1. The van der Waals surface area contributed by atoms with Gasteiger partial charge in [-0.2, -0.15) is 5.10 Å². The molecule has 2 saturated heterocycles. The van der Waals surface area contributed by atoms with Crippen molar-refractivity contribution in [1.29, 1.82) is 0 Å². The van der Waals surface area contributed by atoms with Crippen molar-refractivity contribution in [2.75, 3.05) is 16.9 Å². The highest BCUT2D eigenvalue weighted by Crippen LogP contribution is 2.64. The van der Waals surface area contributed by atoms with E-state index in [1.54, 1.807) is 78.5 Å². The minimum absolute atomic E-state index is 0.0610. The number of benzene rings is 3. The molecule has 4 amide bonds. The molecule has 10 nitrogen and oxygen atoms in total. The molecule has 2 aliphatic carbocycles. The second-order valence-corrected chi connectivity index (χ2v) is 16.6. The number of anilines is 2. The Kier molecular flexibility index (Phi) is 8.00. The quantitative estimate of drug-likeness (QED) is 0.137. The number of nitrogens with zero attached hydrogens (tertiary/aromatic N) is 4. The molecule has 3 aromatic carbocycles. The molecule has 1 saturated carbocycles. The van der Waals surface area contributed by atoms with Crippen LogP contribution in [0.5, 0.6) is 11.5 Å². The number of aromatic nitrogens is 2. The van der Waals surface area contributed by atoms with Crippen molar-refractivity contribution in [3.05, 3.63) is 107 Å². The minimum Gasteiger partial charge on any atom is -0.508 e. The Balaban J connectivity index is 1.16. The molecule has 278 valence electrons. The fraction of sp³-hybridized carbons (Fsp3) is 0.279. The molecule has 0 radical (unpaired) electrons. The number of rotatable bonds is 6. The van der Waals surface area contributed by atoms with E-state index < -0.39 is 46.8 Å². The molecule has 3 fully saturated rings. The summed E-state index contributed by atoms with van der Waals surface area (Å²) in [6.45, 7) is 7.59. The number of halogens is 1. The number of amides is 4. The zero-order valence-corrected chi connectivity index (χ0v) is 32.1. The first-order valence-electron chi connectivity index (χ1n) is 18.2. The second-order valence-electron chi connectivity index (χ2n) is 15.1. The molecule has 5 aromatic rings. The number of aromatic hydroxyl groups is 1. The lowest BCUT2D eigenvalue weighted by Gasteiger charge is -2.49. The van der Waals surface area contributed by atoms with Crippen molar-refractivity contribution in [3.8, 4) is 22.1 Å². The molecule has 0 spiro atoms. The number of methoxy groups -OCH3 is 1. The smallest absolute Gasteiger partial charge is 0.242 e. The molecule has 0 bridgehead atoms. The number of carbonyl (C=O) groups excluding carboxylic acids is 4. The Morgan fingerprint density at radius 3 is 2.47 bits per heavy atom. The normalized spacial score (nSPS) is 26.0. The predicted octanol–water partition coefficient (Wildman–Crippen LogP) is 8.06. The Hall–Kier alpha value is -5.52. The lowest BCUT2D eigenvalue weighted by atomic mass is 9.51. The van der Waals surface area contributed by atoms with Crippen molar-refractivity contribution < 1.29 is 29.0 Å². The Bertz CT molecular complexity index is 2550. The van der Waals surface area contributed by atoms with Gasteiger partial charge in [0.2, 0.25) is 23.6 Å². The van der Waals surface area contributed by atoms with Gasteiger partial charge < -0.3 is 9.84 Å². The van der Waals surface area contributed by atoms with E-state index >= 15 is 4.79 Å². The number of phenolic OH excluding ortho intramolecular Hbond substituents is 1. The van der Waals surface area contributed by atoms with Crippen LogP contribution in [0.4, 0.5) is 11.5 Å². The highest BCUT2D eigenvalue weighted by molar-refractivity contribution is 7.22. The first kappa shape index (κ1) is 35.2. The number of hydrogen-bond acceptors (Lipinski definition) is 8. The SMILES string of the molecule is C=Cc1ccc(N2C(=O)C3CC=C4C(CC5C(=O)N(c6cc(-c7sc8ccc(Cl)cc8c7C)nn6C)C(=O)C5(C)C4c4cc(OC)ccc4O)C3C2=O)cc1. The number of thiophene rings is 1. The van der Waals surface area contributed by atoms with E-state index in [0.717, 1.165) is 31.7 Å². The summed E-state index contributed by atoms with van der Waals surface area (Å²) in [7, 11) is 3.23. The molecule has 6 unspecified atom stereocenters. The van der Waals surface area contributed by atoms with Gasteiger partial charge in [0.25, 0.3) is 0 Å². The van der Waals surface area contributed by atoms with Gasteiger partial charge in [-0.15, -0.1) is 11.3 Å². The van der Waals surface area contributed by atoms with E-state index in [9.17, 15) is 19.5 Å². The molecule has 1 N–H and O–H groups in total. The van der Waals surface area contributed by atoms with E-state index in [1.807, 2.05) is 31.2 Å². The van der Waals surface area contributed by atoms with Gasteiger partial charge in [0.15, 0.2) is 0 Å². The van der Waals surface area contributed by atoms with E-state index in [1.165, 1.54) is 23.0 Å². The summed E-state index contributed by atoms with van der Waals surface area (Å²) >= 11 is 7.88. The molecular weight excluding hydrogens is 736 g/mol. The van der Waals surface area contributed by atoms with Gasteiger partial charge >= 0.3 is 0 Å². The van der Waals surface area contributed by atoms with Gasteiger partial charge in [-0.05, 0) is 97.7 Å². The van der Waals surface area contributed by atoms with Crippen molar-refractivity contribution in [2.24, 2.45) is 36.1 Å². The van der Waals surface area contributed by atoms with Crippen molar-refractivity contribution in [1.82, 2.24) is 9.78 Å². The first-order chi connectivity index (χ1) is 26.4. The summed E-state index contributed by atoms with van der Waals surface area (Å²) in [6, 6.07) is 19.4. The summed E-state index contributed by atoms with van der Waals surface area (Å²) in [6.07, 6.45) is 4.11. The molecule has 9 rings (SSSR count). The summed E-state index contributed by atoms with van der Waals surface area (Å²) in [5, 5.41) is 17.9. The minimum atomic E-state index is -1.36. The Labute approximate surface area is 326 Å². The second kappa shape index (κ2) is 12.5. The van der Waals surface area contributed by atoms with Crippen LogP contribution < -0.4 is 14.5 Å². The van der Waals surface area contributed by atoms with Gasteiger partial charge in [-0.3, -0.25) is 28.8 Å². The van der Waals surface area contributed by atoms with Crippen LogP contribution in [0.15, 0.2) is 85.0 Å². The fourth-order valence-electron chi connectivity index (χ4n) is 9.70. The van der Waals surface area contributed by atoms with Crippen LogP contribution in [0, 0.1) is 36.0 Å². The number of phenols is 1. The standard InChI is InChI=1S/C43H37ClN4O6S/c1-6-22-7-10-24(11-8-22)47-39(50)27-14-13-26-29(36(27)41(47)52)19-31-40(51)48(42(53)43(31,3)37(26)30-18-25(54-5)12-15-33(30)49)35-20-32(45-46(35)4)38-21(2)28-17-23(44)9-16-34(28)55-38/h6-13,15-18,20,27,29,31,36-37,49H,1,14,19H2,2-5H3. The molecule has 55 heavy (non-hydrogen) atoms. The monoisotopic (exact) mass is 772 g/mol. The zero-order valence-electron chi connectivity index (χ0n) is 30.6. The highest BCUT2D eigenvalue weighted by Gasteiger charge is 2.68. The number of allylic oxidation sites excluding steroid dienone is 2. The van der Waals surface area contributed by atoms with Crippen LogP contribution in [0.2, 0.25) is 5.02 Å². The van der Waals surface area contributed by atoms with E-state index in [4.69, 9.17) is 21.4 Å². The summed E-state index contributed by atoms with van der Waals surface area (Å²) < 4.78 is 8.17. The topological polar surface area (TPSA) is 122 Å². The van der Waals surface area contributed by atoms with Gasteiger partial charge in [0, 0.05) is 34.3 Å². The third-order valence-electron chi connectivity index (χ3n) is 12.4. The van der Waals surface area contributed by atoms with Crippen LogP contribution in [-0.2, 0) is 26.2 Å². The lowest BCUT2D eigenvalue weighted by Crippen LogP contribution is -2.49. The third kappa shape index (κ3) is 4.95. The summed E-state index contributed by atoms with van der Waals surface area (Å²) in [5.74, 6) is -4.36. The molecule has 4 aliphatic rings. The van der Waals surface area contributed by atoms with Crippen LogP contribution >= 0.6 is 22.9 Å². The van der Waals surface area contributed by atoms with E-state index in [0.29, 0.717) is 33.5 Å². The number of aryl methyl sites for hydroxylation is 2. The number of fused-ring (bicyclic) bond motifs is 5. The molecule has 12 heteroatoms. The van der Waals surface area contributed by atoms with Crippen LogP contribution in [-0.4, -0.2) is 45.6 Å². The lowest BCUT2D eigenvalue weighted by molar-refractivity contribution is -0.131. The van der Waals surface area contributed by atoms with Crippen molar-refractivity contribution in [2.45, 2.75) is 32.6 Å². The largest absolute Gasteiger partial charge is 0.508 e. The van der Waals surface area contributed by atoms with Crippen molar-refractivity contribution in [3.63, 3.8) is 0 Å². The molecule has 2 aliphatic heterocycles. The van der Waals surface area contributed by atoms with E-state index in [2.05, 4.69) is 6.58 Å². The van der Waals surface area contributed by atoms with E-state index in [-0.39, 0.29) is 30.4 Å². The molecular formula is C43H37ClN4O6S. The third-order valence-corrected chi connectivity index (χ3v) is 14.0. The summed E-state index contributed by atoms with van der Waals surface area (Å²) in [4.78, 5) is 62.0. The average molecular weight is 773 g/mol. The fourth-order valence-corrected chi connectivity index (χ4v) is 11.0. The van der Waals surface area contributed by atoms with Crippen LogP contribution in [0.3, 0.4) is 0 Å². The number of carbonyl (C=O) groups is 4. The maximum Gasteiger partial charge on any atom is 0.242 e.